The van der Waals surface area contributed by atoms with Gasteiger partial charge in [-0.05, 0) is 32.4 Å². The fraction of sp³-hybridized carbons (Fsp3) is 0.600. The van der Waals surface area contributed by atoms with Gasteiger partial charge in [-0.1, -0.05) is 13.8 Å². The fourth-order valence-electron chi connectivity index (χ4n) is 2.37. The van der Waals surface area contributed by atoms with Gasteiger partial charge in [-0.15, -0.1) is 11.8 Å². The fourth-order valence-corrected chi connectivity index (χ4v) is 3.03. The molecule has 0 spiro atoms. The Morgan fingerprint density at radius 1 is 1.55 bits per heavy atom. The lowest BCUT2D eigenvalue weighted by molar-refractivity contribution is -0.139. The van der Waals surface area contributed by atoms with Gasteiger partial charge in [-0.3, -0.25) is 0 Å². The summed E-state index contributed by atoms with van der Waals surface area (Å²) in [4.78, 5) is 12.2. The molecule has 1 N–H and O–H groups in total. The van der Waals surface area contributed by atoms with Crippen molar-refractivity contribution in [2.75, 3.05) is 12.9 Å². The Morgan fingerprint density at radius 2 is 2.20 bits per heavy atom. The Hall–Kier alpha value is -1.41. The molecule has 1 aliphatic rings. The summed E-state index contributed by atoms with van der Waals surface area (Å²) in [5, 5.41) is 13.5. The van der Waals surface area contributed by atoms with E-state index in [-0.39, 0.29) is 11.9 Å². The van der Waals surface area contributed by atoms with E-state index in [9.17, 15) is 10.1 Å². The van der Waals surface area contributed by atoms with Crippen molar-refractivity contribution in [1.29, 1.82) is 5.26 Å². The minimum Gasteiger partial charge on any atom is -0.463 e. The molecule has 5 heteroatoms. The predicted octanol–water partition coefficient (Wildman–Crippen LogP) is 3.19. The van der Waals surface area contributed by atoms with Crippen molar-refractivity contribution in [2.45, 2.75) is 34.1 Å². The van der Waals surface area contributed by atoms with Gasteiger partial charge in [0.15, 0.2) is 0 Å². The van der Waals surface area contributed by atoms with E-state index < -0.39 is 0 Å². The Bertz CT molecular complexity index is 487. The van der Waals surface area contributed by atoms with E-state index in [1.807, 2.05) is 13.2 Å². The molecule has 0 aliphatic carbocycles. The quantitative estimate of drug-likeness (QED) is 0.789. The third-order valence-electron chi connectivity index (χ3n) is 3.17. The predicted molar refractivity (Wildman–Crippen MR) is 81.6 cm³/mol. The Kier molecular flexibility index (Phi) is 6.15. The molecule has 0 aromatic rings. The number of rotatable bonds is 5. The van der Waals surface area contributed by atoms with Gasteiger partial charge in [0.25, 0.3) is 0 Å². The summed E-state index contributed by atoms with van der Waals surface area (Å²) in [6.07, 6.45) is 2.69. The van der Waals surface area contributed by atoms with Crippen LogP contribution in [0.15, 0.2) is 21.9 Å². The number of hydrogen-bond donors (Lipinski definition) is 1. The smallest absolute Gasteiger partial charge is 0.336 e. The first-order valence-corrected chi connectivity index (χ1v) is 8.01. The molecule has 0 saturated heterocycles. The normalized spacial score (nSPS) is 18.9. The third kappa shape index (κ3) is 3.57. The van der Waals surface area contributed by atoms with Crippen LogP contribution < -0.4 is 5.32 Å². The highest BCUT2D eigenvalue weighted by Crippen LogP contribution is 2.37. The van der Waals surface area contributed by atoms with Gasteiger partial charge in [-0.2, -0.15) is 5.26 Å². The summed E-state index contributed by atoms with van der Waals surface area (Å²) in [6.45, 7) is 8.17. The van der Waals surface area contributed by atoms with Crippen molar-refractivity contribution in [2.24, 2.45) is 11.8 Å². The topological polar surface area (TPSA) is 62.1 Å². The van der Waals surface area contributed by atoms with E-state index in [1.165, 1.54) is 11.8 Å². The second kappa shape index (κ2) is 7.39. The number of hydrogen-bond acceptors (Lipinski definition) is 5. The molecule has 0 aromatic heterocycles. The van der Waals surface area contributed by atoms with Crippen LogP contribution in [0.3, 0.4) is 0 Å². The van der Waals surface area contributed by atoms with Crippen LogP contribution in [-0.4, -0.2) is 18.8 Å². The zero-order valence-electron chi connectivity index (χ0n) is 12.7. The molecule has 1 heterocycles. The molecular formula is C15H22N2O2S. The summed E-state index contributed by atoms with van der Waals surface area (Å²) >= 11 is 1.50. The highest BCUT2D eigenvalue weighted by molar-refractivity contribution is 8.02. The maximum Gasteiger partial charge on any atom is 0.336 e. The van der Waals surface area contributed by atoms with E-state index in [2.05, 4.69) is 25.2 Å². The van der Waals surface area contributed by atoms with E-state index in [0.717, 1.165) is 17.1 Å². The number of allylic oxidation sites excluding steroid dienone is 2. The van der Waals surface area contributed by atoms with Crippen molar-refractivity contribution < 1.29 is 9.53 Å². The van der Waals surface area contributed by atoms with Crippen LogP contribution in [0.1, 0.15) is 34.1 Å². The molecule has 0 fully saturated rings. The van der Waals surface area contributed by atoms with E-state index in [4.69, 9.17) is 4.74 Å². The molecule has 0 radical (unpaired) electrons. The maximum atomic E-state index is 12.2. The summed E-state index contributed by atoms with van der Waals surface area (Å²) in [7, 11) is 0. The Morgan fingerprint density at radius 3 is 2.65 bits per heavy atom. The van der Waals surface area contributed by atoms with Gasteiger partial charge in [0, 0.05) is 11.6 Å². The molecule has 1 atom stereocenters. The van der Waals surface area contributed by atoms with Crippen molar-refractivity contribution in [3.8, 4) is 6.07 Å². The second-order valence-corrected chi connectivity index (χ2v) is 5.94. The first-order chi connectivity index (χ1) is 9.46. The van der Waals surface area contributed by atoms with Gasteiger partial charge < -0.3 is 10.1 Å². The number of nitriles is 1. The van der Waals surface area contributed by atoms with E-state index in [1.54, 1.807) is 6.92 Å². The number of nitrogens with one attached hydrogen (secondary N) is 1. The van der Waals surface area contributed by atoms with Crippen LogP contribution in [0.5, 0.6) is 0 Å². The van der Waals surface area contributed by atoms with Crippen LogP contribution in [-0.2, 0) is 9.53 Å². The monoisotopic (exact) mass is 294 g/mol. The van der Waals surface area contributed by atoms with Crippen molar-refractivity contribution in [3.05, 3.63) is 21.9 Å². The van der Waals surface area contributed by atoms with Gasteiger partial charge in [0.2, 0.25) is 0 Å². The molecule has 110 valence electrons. The zero-order valence-corrected chi connectivity index (χ0v) is 13.6. The standard InChI is InChI=1S/C15H22N2O2S/c1-6-19-15(18)13-10(4)17-14(20-5)12(8-16)11(13)7-9(2)3/h9,11,17H,6-7H2,1-5H3/t11-/m0/s1. The number of carbonyl (C=O) groups excluding carboxylic acids is 1. The van der Waals surface area contributed by atoms with E-state index in [0.29, 0.717) is 23.7 Å². The van der Waals surface area contributed by atoms with Gasteiger partial charge in [-0.25, -0.2) is 4.79 Å². The Balaban J connectivity index is 3.26. The molecule has 20 heavy (non-hydrogen) atoms. The number of carbonyl (C=O) groups is 1. The van der Waals surface area contributed by atoms with Crippen LogP contribution in [0.25, 0.3) is 0 Å². The van der Waals surface area contributed by atoms with Crippen molar-refractivity contribution in [3.63, 3.8) is 0 Å². The zero-order chi connectivity index (χ0) is 15.3. The van der Waals surface area contributed by atoms with Crippen molar-refractivity contribution in [1.82, 2.24) is 5.32 Å². The Labute approximate surface area is 125 Å². The lowest BCUT2D eigenvalue weighted by Crippen LogP contribution is -2.30. The number of esters is 1. The average molecular weight is 294 g/mol. The average Bonchev–Trinajstić information content (AvgIpc) is 2.37. The summed E-state index contributed by atoms with van der Waals surface area (Å²) in [5.74, 6) is -0.111. The molecule has 0 saturated carbocycles. The molecule has 0 unspecified atom stereocenters. The highest BCUT2D eigenvalue weighted by Gasteiger charge is 2.34. The minimum atomic E-state index is -0.323. The lowest BCUT2D eigenvalue weighted by Gasteiger charge is -2.29. The molecule has 1 rings (SSSR count). The molecule has 4 nitrogen and oxygen atoms in total. The largest absolute Gasteiger partial charge is 0.463 e. The first-order valence-electron chi connectivity index (χ1n) is 6.79. The molecular weight excluding hydrogens is 272 g/mol. The second-order valence-electron chi connectivity index (χ2n) is 5.13. The van der Waals surface area contributed by atoms with Crippen molar-refractivity contribution >= 4 is 17.7 Å². The van der Waals surface area contributed by atoms with Crippen LogP contribution in [0, 0.1) is 23.2 Å². The third-order valence-corrected chi connectivity index (χ3v) is 3.90. The maximum absolute atomic E-state index is 12.2. The summed E-state index contributed by atoms with van der Waals surface area (Å²) in [5.41, 5.74) is 2.02. The SMILES string of the molecule is CCOC(=O)C1=C(C)NC(SC)=C(C#N)[C@@H]1CC(C)C. The summed E-state index contributed by atoms with van der Waals surface area (Å²) < 4.78 is 5.15. The highest BCUT2D eigenvalue weighted by atomic mass is 32.2. The van der Waals surface area contributed by atoms with E-state index >= 15 is 0 Å². The number of ether oxygens (including phenoxy) is 1. The van der Waals surface area contributed by atoms with Crippen LogP contribution in [0.2, 0.25) is 0 Å². The lowest BCUT2D eigenvalue weighted by atomic mass is 9.82. The number of nitrogens with zero attached hydrogens (tertiary/aromatic N) is 1. The number of dihydropyridines is 1. The molecule has 1 aliphatic heterocycles. The van der Waals surface area contributed by atoms with Gasteiger partial charge >= 0.3 is 5.97 Å². The van der Waals surface area contributed by atoms with Crippen LogP contribution in [0.4, 0.5) is 0 Å². The first kappa shape index (κ1) is 16.6. The van der Waals surface area contributed by atoms with Gasteiger partial charge in [0.1, 0.15) is 0 Å². The minimum absolute atomic E-state index is 0.178. The molecule has 0 bridgehead atoms. The van der Waals surface area contributed by atoms with Gasteiger partial charge in [0.05, 0.1) is 28.9 Å². The van der Waals surface area contributed by atoms with Crippen LogP contribution >= 0.6 is 11.8 Å². The molecule has 0 aromatic carbocycles. The summed E-state index contributed by atoms with van der Waals surface area (Å²) in [6, 6.07) is 2.26. The number of thioether (sulfide) groups is 1. The molecule has 0 amide bonds.